The lowest BCUT2D eigenvalue weighted by Gasteiger charge is -2.30. The average molecular weight is 693 g/mol. The van der Waals surface area contributed by atoms with Gasteiger partial charge < -0.3 is 14.8 Å². The molecule has 0 heterocycles. The van der Waals surface area contributed by atoms with Crippen molar-refractivity contribution in [2.45, 2.75) is 92.6 Å². The van der Waals surface area contributed by atoms with Gasteiger partial charge in [0.25, 0.3) is 0 Å². The average Bonchev–Trinajstić information content (AvgIpc) is 3.00. The van der Waals surface area contributed by atoms with E-state index in [4.69, 9.17) is 44.3 Å². The van der Waals surface area contributed by atoms with E-state index in [0.29, 0.717) is 46.0 Å². The monoisotopic (exact) mass is 691 g/mol. The van der Waals surface area contributed by atoms with Crippen molar-refractivity contribution >= 4 is 46.9 Å². The maximum Gasteiger partial charge on any atom is 0.211 e. The minimum atomic E-state index is -0.605. The fourth-order valence-corrected chi connectivity index (χ4v) is 5.44. The number of halogens is 4. The molecular formula is C38H49Cl3FNO3. The first-order chi connectivity index (χ1) is 21.7. The second-order valence-electron chi connectivity index (χ2n) is 11.1. The van der Waals surface area contributed by atoms with Gasteiger partial charge in [0.15, 0.2) is 5.60 Å². The second-order valence-corrected chi connectivity index (χ2v) is 12.4. The lowest BCUT2D eigenvalue weighted by Crippen LogP contribution is -2.32. The van der Waals surface area contributed by atoms with Crippen LogP contribution < -0.4 is 10.1 Å². The summed E-state index contributed by atoms with van der Waals surface area (Å²) in [6.45, 7) is 22.9. The number of hydrogen-bond donors (Lipinski definition) is 1. The van der Waals surface area contributed by atoms with Gasteiger partial charge in [0.2, 0.25) is 6.41 Å². The normalized spacial score (nSPS) is 12.4. The minimum Gasteiger partial charge on any atom is -0.495 e. The van der Waals surface area contributed by atoms with E-state index in [2.05, 4.69) is 38.7 Å². The molecule has 8 heteroatoms. The van der Waals surface area contributed by atoms with E-state index >= 15 is 0 Å². The van der Waals surface area contributed by atoms with Crippen LogP contribution in [0.2, 0.25) is 15.1 Å². The van der Waals surface area contributed by atoms with Crippen molar-refractivity contribution in [1.82, 2.24) is 0 Å². The summed E-state index contributed by atoms with van der Waals surface area (Å²) >= 11 is 18.3. The highest BCUT2D eigenvalue weighted by Gasteiger charge is 2.27. The summed E-state index contributed by atoms with van der Waals surface area (Å²) in [5, 5.41) is 4.31. The fraction of sp³-hybridized carbons (Fsp3) is 0.395. The molecule has 1 amide bonds. The predicted molar refractivity (Wildman–Crippen MR) is 195 cm³/mol. The zero-order chi connectivity index (χ0) is 35.0. The van der Waals surface area contributed by atoms with Crippen LogP contribution in [0, 0.1) is 5.82 Å². The minimum absolute atomic E-state index is 0.182. The number of hydrogen-bond acceptors (Lipinski definition) is 3. The lowest BCUT2D eigenvalue weighted by atomic mass is 9.91. The third-order valence-corrected chi connectivity index (χ3v) is 7.97. The van der Waals surface area contributed by atoms with E-state index in [-0.39, 0.29) is 11.7 Å². The van der Waals surface area contributed by atoms with Crippen molar-refractivity contribution in [2.75, 3.05) is 11.9 Å². The molecule has 0 spiro atoms. The summed E-state index contributed by atoms with van der Waals surface area (Å²) in [4.78, 5) is 10.7. The van der Waals surface area contributed by atoms with Crippen LogP contribution in [-0.2, 0) is 9.53 Å². The van der Waals surface area contributed by atoms with E-state index < -0.39 is 5.60 Å². The maximum absolute atomic E-state index is 13.4. The summed E-state index contributed by atoms with van der Waals surface area (Å²) in [5.41, 5.74) is 3.95. The quantitative estimate of drug-likeness (QED) is 0.110. The Labute approximate surface area is 290 Å². The number of carbonyl (C=O) groups is 1. The lowest BCUT2D eigenvalue weighted by molar-refractivity contribution is -0.105. The Morgan fingerprint density at radius 3 is 2.20 bits per heavy atom. The number of allylic oxidation sites excluding steroid dienone is 2. The fourth-order valence-electron chi connectivity index (χ4n) is 4.81. The van der Waals surface area contributed by atoms with Gasteiger partial charge in [-0.05, 0) is 112 Å². The van der Waals surface area contributed by atoms with Crippen molar-refractivity contribution in [1.29, 1.82) is 0 Å². The van der Waals surface area contributed by atoms with Crippen LogP contribution in [-0.4, -0.2) is 18.6 Å². The summed E-state index contributed by atoms with van der Waals surface area (Å²) in [7, 11) is 0. The van der Waals surface area contributed by atoms with Gasteiger partial charge >= 0.3 is 0 Å². The first-order valence-electron chi connectivity index (χ1n) is 15.6. The standard InChI is InChI=1S/C21H31ClO2.C15H12Cl2FNO.C2H6/c1-8-10-15(3)13-16(4)19-14-18(22)11-12-20(19)24-21(6,7)17(5)23-9-2;1-9(13-7-11(18)3-5-14(13)17)12-4-2-10(16)6-15(12)19-8-20;1-2/h10-12,14,16H,5,8-9,13H2,1-4,6-7H3;2-9H,1H3,(H,19,20);1-2H3/b15-10-;;. The SMILES string of the molecule is C=C(OCC)C(C)(C)Oc1ccc(Cl)cc1C(C)C/C(C)=C\CC.CC.CC(c1cc(F)ccc1Cl)c1ccc(Cl)cc1NC=O. The first kappa shape index (κ1) is 41.0. The zero-order valence-electron chi connectivity index (χ0n) is 28.6. The van der Waals surface area contributed by atoms with E-state index in [0.717, 1.165) is 34.7 Å². The highest BCUT2D eigenvalue weighted by molar-refractivity contribution is 6.31. The van der Waals surface area contributed by atoms with E-state index in [1.54, 1.807) is 18.2 Å². The van der Waals surface area contributed by atoms with Crippen molar-refractivity contribution < 1.29 is 18.7 Å². The molecule has 3 aromatic carbocycles. The molecule has 0 bridgehead atoms. The molecule has 1 N–H and O–H groups in total. The van der Waals surface area contributed by atoms with Crippen LogP contribution in [0.4, 0.5) is 10.1 Å². The van der Waals surface area contributed by atoms with Crippen molar-refractivity contribution in [2.24, 2.45) is 0 Å². The van der Waals surface area contributed by atoms with Gasteiger partial charge in [-0.25, -0.2) is 4.39 Å². The number of ether oxygens (including phenoxy) is 2. The van der Waals surface area contributed by atoms with E-state index in [1.165, 1.54) is 23.8 Å². The highest BCUT2D eigenvalue weighted by Crippen LogP contribution is 2.37. The number of rotatable bonds is 13. The van der Waals surface area contributed by atoms with Crippen LogP contribution in [0.1, 0.15) is 104 Å². The molecule has 0 fully saturated rings. The second kappa shape index (κ2) is 20.3. The zero-order valence-corrected chi connectivity index (χ0v) is 30.8. The molecule has 46 heavy (non-hydrogen) atoms. The molecule has 0 saturated carbocycles. The molecule has 0 aliphatic heterocycles. The summed E-state index contributed by atoms with van der Waals surface area (Å²) in [5.74, 6) is 1.24. The molecule has 2 atom stereocenters. The summed E-state index contributed by atoms with van der Waals surface area (Å²) < 4.78 is 25.2. The van der Waals surface area contributed by atoms with Gasteiger partial charge in [0.05, 0.1) is 6.61 Å². The van der Waals surface area contributed by atoms with Crippen LogP contribution in [0.25, 0.3) is 0 Å². The summed E-state index contributed by atoms with van der Waals surface area (Å²) in [6.07, 6.45) is 4.88. The van der Waals surface area contributed by atoms with Gasteiger partial charge in [-0.2, -0.15) is 0 Å². The van der Waals surface area contributed by atoms with E-state index in [9.17, 15) is 9.18 Å². The third kappa shape index (κ3) is 12.7. The van der Waals surface area contributed by atoms with Gasteiger partial charge in [0, 0.05) is 26.7 Å². The number of amides is 1. The van der Waals surface area contributed by atoms with Crippen LogP contribution in [0.5, 0.6) is 5.75 Å². The predicted octanol–water partition coefficient (Wildman–Crippen LogP) is 12.8. The van der Waals surface area contributed by atoms with E-state index in [1.807, 2.05) is 59.7 Å². The molecule has 252 valence electrons. The molecule has 0 radical (unpaired) electrons. The number of nitrogens with one attached hydrogen (secondary N) is 1. The molecule has 4 nitrogen and oxygen atoms in total. The Balaban J connectivity index is 0.000000442. The van der Waals surface area contributed by atoms with Gasteiger partial charge in [-0.3, -0.25) is 4.79 Å². The Morgan fingerprint density at radius 1 is 0.957 bits per heavy atom. The molecule has 0 saturated heterocycles. The van der Waals surface area contributed by atoms with Gasteiger partial charge in [0.1, 0.15) is 17.3 Å². The Kier molecular flexibility index (Phi) is 18.1. The molecule has 2 unspecified atom stereocenters. The molecule has 3 aromatic rings. The third-order valence-electron chi connectivity index (χ3n) is 7.16. The largest absolute Gasteiger partial charge is 0.495 e. The Bertz CT molecular complexity index is 1460. The Hall–Kier alpha value is -2.99. The maximum atomic E-state index is 13.4. The summed E-state index contributed by atoms with van der Waals surface area (Å²) in [6, 6.07) is 15.2. The van der Waals surface area contributed by atoms with Crippen molar-refractivity contribution in [3.05, 3.63) is 116 Å². The van der Waals surface area contributed by atoms with Crippen molar-refractivity contribution in [3.63, 3.8) is 0 Å². The van der Waals surface area contributed by atoms with Crippen molar-refractivity contribution in [3.8, 4) is 5.75 Å². The van der Waals surface area contributed by atoms with Gasteiger partial charge in [-0.15, -0.1) is 0 Å². The number of carbonyl (C=O) groups excluding carboxylic acids is 1. The smallest absolute Gasteiger partial charge is 0.211 e. The Morgan fingerprint density at radius 2 is 1.59 bits per heavy atom. The highest BCUT2D eigenvalue weighted by atomic mass is 35.5. The number of benzene rings is 3. The molecule has 0 aliphatic rings. The van der Waals surface area contributed by atoms with Gasteiger partial charge in [-0.1, -0.05) is 93.7 Å². The van der Waals surface area contributed by atoms with Crippen LogP contribution in [0.15, 0.2) is 78.6 Å². The molecule has 0 aliphatic carbocycles. The molecule has 0 aromatic heterocycles. The first-order valence-corrected chi connectivity index (χ1v) is 16.8. The van der Waals surface area contributed by atoms with Crippen LogP contribution >= 0.6 is 34.8 Å². The topological polar surface area (TPSA) is 47.6 Å². The van der Waals surface area contributed by atoms with Crippen LogP contribution in [0.3, 0.4) is 0 Å². The molecule has 3 rings (SSSR count). The number of anilines is 1. The molecular weight excluding hydrogens is 644 g/mol.